The first-order valence-corrected chi connectivity index (χ1v) is 16.4. The lowest BCUT2D eigenvalue weighted by atomic mass is 9.93. The Morgan fingerprint density at radius 2 is 1.83 bits per heavy atom. The van der Waals surface area contributed by atoms with Crippen LogP contribution >= 0.6 is 34.7 Å². The maximum atomic E-state index is 14.2. The van der Waals surface area contributed by atoms with Crippen molar-refractivity contribution in [3.05, 3.63) is 118 Å². The molecule has 1 atom stereocenters. The Kier molecular flexibility index (Phi) is 10.00. The Labute approximate surface area is 278 Å². The number of carbonyl (C=O) groups is 1. The number of methoxy groups -OCH3 is 2. The van der Waals surface area contributed by atoms with Crippen LogP contribution < -0.4 is 24.4 Å². The lowest BCUT2D eigenvalue weighted by molar-refractivity contribution is -0.387. The van der Waals surface area contributed by atoms with Gasteiger partial charge in [0, 0.05) is 34.6 Å². The van der Waals surface area contributed by atoms with Crippen molar-refractivity contribution in [3.63, 3.8) is 0 Å². The second kappa shape index (κ2) is 13.9. The largest absolute Gasteiger partial charge is 0.497 e. The van der Waals surface area contributed by atoms with Crippen molar-refractivity contribution in [2.45, 2.75) is 36.6 Å². The second-order valence-corrected chi connectivity index (χ2v) is 12.8. The maximum Gasteiger partial charge on any atom is 0.283 e. The molecular formula is C33H31ClN4O6S2. The predicted octanol–water partition coefficient (Wildman–Crippen LogP) is 5.83. The number of benzene rings is 3. The minimum absolute atomic E-state index is 0.0941. The van der Waals surface area contributed by atoms with Gasteiger partial charge >= 0.3 is 0 Å². The van der Waals surface area contributed by atoms with Gasteiger partial charge in [0.15, 0.2) is 4.80 Å². The van der Waals surface area contributed by atoms with Gasteiger partial charge in [0.1, 0.15) is 17.5 Å². The average Bonchev–Trinajstić information content (AvgIpc) is 3.35. The molecule has 0 bridgehead atoms. The third-order valence-corrected chi connectivity index (χ3v) is 9.86. The highest BCUT2D eigenvalue weighted by molar-refractivity contribution is 7.99. The van der Waals surface area contributed by atoms with Crippen LogP contribution in [0.5, 0.6) is 11.5 Å². The molecule has 1 aliphatic rings. The molecular weight excluding hydrogens is 648 g/mol. The van der Waals surface area contributed by atoms with Gasteiger partial charge in [-0.1, -0.05) is 40.8 Å². The number of carbonyl (C=O) groups excluding carboxylic acids is 1. The lowest BCUT2D eigenvalue weighted by Gasteiger charge is -2.30. The van der Waals surface area contributed by atoms with Crippen LogP contribution in [0.15, 0.2) is 91.5 Å². The highest BCUT2D eigenvalue weighted by Gasteiger charge is 2.36. The quantitative estimate of drug-likeness (QED) is 0.153. The fourth-order valence-electron chi connectivity index (χ4n) is 5.26. The van der Waals surface area contributed by atoms with E-state index in [0.717, 1.165) is 16.2 Å². The number of nitro groups is 1. The van der Waals surface area contributed by atoms with Gasteiger partial charge in [0.25, 0.3) is 17.2 Å². The molecule has 238 valence electrons. The zero-order valence-corrected chi connectivity index (χ0v) is 28.2. The fourth-order valence-corrected chi connectivity index (χ4v) is 7.33. The Morgan fingerprint density at radius 3 is 2.46 bits per heavy atom. The van der Waals surface area contributed by atoms with E-state index < -0.39 is 16.5 Å². The van der Waals surface area contributed by atoms with Gasteiger partial charge in [-0.15, -0.1) is 0 Å². The Bertz CT molecular complexity index is 2030. The Balaban J connectivity index is 1.67. The van der Waals surface area contributed by atoms with E-state index in [-0.39, 0.29) is 11.6 Å². The van der Waals surface area contributed by atoms with Crippen LogP contribution in [-0.4, -0.2) is 47.6 Å². The monoisotopic (exact) mass is 678 g/mol. The number of fused-ring (bicyclic) bond motifs is 1. The summed E-state index contributed by atoms with van der Waals surface area (Å²) < 4.78 is 13.0. The van der Waals surface area contributed by atoms with E-state index >= 15 is 0 Å². The van der Waals surface area contributed by atoms with Gasteiger partial charge in [-0.25, -0.2) is 4.99 Å². The Morgan fingerprint density at radius 1 is 1.11 bits per heavy atom. The standard InChI is InChI=1S/C33H31ClN4O6S2/c1-6-36(7-2)32(40)29-19(3)35-33-37(30(29)24-18-22(43-4)11-14-26(24)44-5)31(39)28(46-33)17-20-8-15-27(25(16-20)38(41)42)45-23-12-9-21(34)10-13-23/h8-18,30H,6-7H2,1-5H3/b28-17-/t30-/m0/s1. The zero-order chi connectivity index (χ0) is 33.1. The molecule has 0 fully saturated rings. The molecule has 1 aliphatic heterocycles. The molecule has 13 heteroatoms. The molecule has 0 N–H and O–H groups in total. The summed E-state index contributed by atoms with van der Waals surface area (Å²) in [7, 11) is 3.07. The van der Waals surface area contributed by atoms with Gasteiger partial charge < -0.3 is 14.4 Å². The number of nitrogens with zero attached hydrogens (tertiary/aromatic N) is 4. The normalized spacial score (nSPS) is 14.5. The minimum atomic E-state index is -0.857. The number of thiazole rings is 1. The molecule has 1 amide bonds. The maximum absolute atomic E-state index is 14.2. The first kappa shape index (κ1) is 33.0. The Hall–Kier alpha value is -4.39. The van der Waals surface area contributed by atoms with Crippen molar-refractivity contribution in [3.8, 4) is 11.5 Å². The van der Waals surface area contributed by atoms with Crippen LogP contribution in [0.3, 0.4) is 0 Å². The molecule has 4 aromatic rings. The summed E-state index contributed by atoms with van der Waals surface area (Å²) in [6, 6.07) is 16.3. The molecule has 0 saturated heterocycles. The van der Waals surface area contributed by atoms with Crippen LogP contribution in [0.4, 0.5) is 5.69 Å². The number of hydrogen-bond acceptors (Lipinski definition) is 9. The number of halogens is 1. The van der Waals surface area contributed by atoms with E-state index in [9.17, 15) is 19.7 Å². The first-order valence-electron chi connectivity index (χ1n) is 14.4. The fraction of sp³-hybridized carbons (Fsp3) is 0.242. The summed E-state index contributed by atoms with van der Waals surface area (Å²) in [4.78, 5) is 47.8. The number of aromatic nitrogens is 1. The number of likely N-dealkylation sites (N-methyl/N-ethyl adjacent to an activating group) is 1. The highest BCUT2D eigenvalue weighted by atomic mass is 35.5. The van der Waals surface area contributed by atoms with E-state index in [0.29, 0.717) is 66.2 Å². The van der Waals surface area contributed by atoms with Gasteiger partial charge in [0.2, 0.25) is 0 Å². The van der Waals surface area contributed by atoms with E-state index in [2.05, 4.69) is 0 Å². The summed E-state index contributed by atoms with van der Waals surface area (Å²) in [5.41, 5.74) is 1.40. The number of rotatable bonds is 10. The molecule has 0 unspecified atom stereocenters. The topological polar surface area (TPSA) is 116 Å². The summed E-state index contributed by atoms with van der Waals surface area (Å²) in [6.07, 6.45) is 1.61. The number of nitro benzene ring substituents is 1. The predicted molar refractivity (Wildman–Crippen MR) is 180 cm³/mol. The van der Waals surface area contributed by atoms with Crippen LogP contribution in [0.2, 0.25) is 5.02 Å². The number of allylic oxidation sites excluding steroid dienone is 1. The van der Waals surface area contributed by atoms with E-state index in [1.807, 2.05) is 13.8 Å². The van der Waals surface area contributed by atoms with Crippen molar-refractivity contribution < 1.29 is 19.2 Å². The summed E-state index contributed by atoms with van der Waals surface area (Å²) in [5.74, 6) is 0.773. The molecule has 0 aliphatic carbocycles. The molecule has 3 aromatic carbocycles. The van der Waals surface area contributed by atoms with E-state index in [1.54, 1.807) is 79.6 Å². The number of hydrogen-bond donors (Lipinski definition) is 0. The van der Waals surface area contributed by atoms with Crippen molar-refractivity contribution >= 4 is 52.4 Å². The molecule has 0 saturated carbocycles. The van der Waals surface area contributed by atoms with E-state index in [1.165, 1.54) is 29.5 Å². The van der Waals surface area contributed by atoms with Crippen LogP contribution in [0.25, 0.3) is 6.08 Å². The van der Waals surface area contributed by atoms with Crippen molar-refractivity contribution in [1.29, 1.82) is 0 Å². The molecule has 0 spiro atoms. The molecule has 46 heavy (non-hydrogen) atoms. The SMILES string of the molecule is CCN(CC)C(=O)C1=C(C)N=c2s/c(=C\c3ccc(Sc4ccc(Cl)cc4)c([N+](=O)[O-])c3)c(=O)n2[C@H]1c1cc(OC)ccc1OC. The van der Waals surface area contributed by atoms with Crippen LogP contribution in [-0.2, 0) is 4.79 Å². The highest BCUT2D eigenvalue weighted by Crippen LogP contribution is 2.39. The van der Waals surface area contributed by atoms with E-state index in [4.69, 9.17) is 26.1 Å². The van der Waals surface area contributed by atoms with Crippen molar-refractivity contribution in [2.75, 3.05) is 27.3 Å². The molecule has 10 nitrogen and oxygen atoms in total. The average molecular weight is 679 g/mol. The van der Waals surface area contributed by atoms with Gasteiger partial charge in [0.05, 0.1) is 39.8 Å². The van der Waals surface area contributed by atoms with Crippen molar-refractivity contribution in [2.24, 2.45) is 4.99 Å². The second-order valence-electron chi connectivity index (χ2n) is 10.2. The summed E-state index contributed by atoms with van der Waals surface area (Å²) in [6.45, 7) is 6.50. The molecule has 0 radical (unpaired) electrons. The van der Waals surface area contributed by atoms with Gasteiger partial charge in [-0.2, -0.15) is 0 Å². The minimum Gasteiger partial charge on any atom is -0.497 e. The molecule has 5 rings (SSSR count). The lowest BCUT2D eigenvalue weighted by Crippen LogP contribution is -2.43. The first-order chi connectivity index (χ1) is 22.1. The number of amides is 1. The third kappa shape index (κ3) is 6.46. The smallest absolute Gasteiger partial charge is 0.283 e. The third-order valence-electron chi connectivity index (χ3n) is 7.55. The van der Waals surface area contributed by atoms with Crippen LogP contribution in [0, 0.1) is 10.1 Å². The van der Waals surface area contributed by atoms with Gasteiger partial charge in [-0.05, 0) is 80.9 Å². The van der Waals surface area contributed by atoms with Crippen LogP contribution in [0.1, 0.15) is 37.9 Å². The summed E-state index contributed by atoms with van der Waals surface area (Å²) in [5, 5.41) is 12.6. The number of ether oxygens (including phenoxy) is 2. The molecule has 1 aromatic heterocycles. The zero-order valence-electron chi connectivity index (χ0n) is 25.8. The van der Waals surface area contributed by atoms with Gasteiger partial charge in [-0.3, -0.25) is 24.3 Å². The molecule has 2 heterocycles. The van der Waals surface area contributed by atoms with Crippen molar-refractivity contribution in [1.82, 2.24) is 9.47 Å². The summed E-state index contributed by atoms with van der Waals surface area (Å²) >= 11 is 8.38.